The zero-order valence-electron chi connectivity index (χ0n) is 18.0. The van der Waals surface area contributed by atoms with Crippen LogP contribution in [0, 0.1) is 22.5 Å². The van der Waals surface area contributed by atoms with Gasteiger partial charge in [0.1, 0.15) is 10.8 Å². The van der Waals surface area contributed by atoms with E-state index in [1.54, 1.807) is 22.9 Å². The predicted octanol–water partition coefficient (Wildman–Crippen LogP) is 5.77. The summed E-state index contributed by atoms with van der Waals surface area (Å²) in [7, 11) is 1.31. The highest BCUT2D eigenvalue weighted by Crippen LogP contribution is 2.34. The van der Waals surface area contributed by atoms with E-state index in [0.717, 1.165) is 29.6 Å². The number of methoxy groups -OCH3 is 1. The number of nitrogens with one attached hydrogen (secondary N) is 1. The van der Waals surface area contributed by atoms with E-state index in [2.05, 4.69) is 25.2 Å². The van der Waals surface area contributed by atoms with Crippen molar-refractivity contribution in [1.82, 2.24) is 19.7 Å². The Hall–Kier alpha value is -4.30. The summed E-state index contributed by atoms with van der Waals surface area (Å²) in [5.41, 5.74) is 1.36. The number of nitro benzene ring substituents is 1. The second-order valence-corrected chi connectivity index (χ2v) is 7.58. The van der Waals surface area contributed by atoms with Gasteiger partial charge in [-0.1, -0.05) is 31.0 Å². The zero-order valence-corrected chi connectivity index (χ0v) is 18.8. The topological polar surface area (TPSA) is 112 Å². The van der Waals surface area contributed by atoms with E-state index in [1.807, 2.05) is 6.92 Å². The van der Waals surface area contributed by atoms with Crippen LogP contribution in [0.3, 0.4) is 0 Å². The van der Waals surface area contributed by atoms with E-state index in [9.17, 15) is 14.5 Å². The maximum atomic E-state index is 14.0. The summed E-state index contributed by atoms with van der Waals surface area (Å²) in [6.45, 7) is 9.32. The van der Waals surface area contributed by atoms with E-state index in [0.29, 0.717) is 17.6 Å². The Kier molecular flexibility index (Phi) is 6.25. The molecule has 34 heavy (non-hydrogen) atoms. The van der Waals surface area contributed by atoms with Crippen molar-refractivity contribution in [3.63, 3.8) is 0 Å². The molecule has 172 valence electrons. The summed E-state index contributed by atoms with van der Waals surface area (Å²) in [4.78, 5) is 22.4. The number of nitrogens with zero attached hydrogens (tertiary/aromatic N) is 6. The zero-order chi connectivity index (χ0) is 24.4. The van der Waals surface area contributed by atoms with Crippen molar-refractivity contribution in [2.45, 2.75) is 19.8 Å². The molecule has 0 atom stereocenters. The smallest absolute Gasteiger partial charge is 0.307 e. The minimum Gasteiger partial charge on any atom is -0.494 e. The lowest BCUT2D eigenvalue weighted by Gasteiger charge is -2.12. The molecule has 0 amide bonds. The molecule has 2 heterocycles. The fourth-order valence-corrected chi connectivity index (χ4v) is 3.63. The van der Waals surface area contributed by atoms with Gasteiger partial charge in [-0.3, -0.25) is 10.1 Å². The third-order valence-electron chi connectivity index (χ3n) is 4.99. The van der Waals surface area contributed by atoms with Gasteiger partial charge in [0.15, 0.2) is 11.5 Å². The number of halogens is 2. The first kappa shape index (κ1) is 22.9. The summed E-state index contributed by atoms with van der Waals surface area (Å²) in [5.74, 6) is -0.699. The summed E-state index contributed by atoms with van der Waals surface area (Å²) in [6.07, 6.45) is 2.90. The molecule has 4 aromatic rings. The first-order chi connectivity index (χ1) is 16.4. The van der Waals surface area contributed by atoms with Gasteiger partial charge in [-0.25, -0.2) is 14.5 Å². The van der Waals surface area contributed by atoms with Crippen molar-refractivity contribution in [3.05, 3.63) is 74.6 Å². The average Bonchev–Trinajstić information content (AvgIpc) is 3.18. The maximum absolute atomic E-state index is 14.0. The number of nitro groups is 1. The largest absolute Gasteiger partial charge is 0.494 e. The third kappa shape index (κ3) is 4.18. The Morgan fingerprint density at radius 3 is 2.82 bits per heavy atom. The number of hydrogen-bond donors (Lipinski definition) is 1. The number of hydrogen-bond acceptors (Lipinski definition) is 7. The van der Waals surface area contributed by atoms with Crippen LogP contribution >= 0.6 is 11.6 Å². The molecule has 0 radical (unpaired) electrons. The molecule has 0 spiro atoms. The number of benzene rings is 2. The van der Waals surface area contributed by atoms with Gasteiger partial charge >= 0.3 is 5.69 Å². The molecule has 1 N–H and O–H groups in total. The van der Waals surface area contributed by atoms with Gasteiger partial charge < -0.3 is 10.1 Å². The Labute approximate surface area is 197 Å². The van der Waals surface area contributed by atoms with Gasteiger partial charge in [0.05, 0.1) is 41.7 Å². The van der Waals surface area contributed by atoms with Crippen molar-refractivity contribution >= 4 is 45.5 Å². The Morgan fingerprint density at radius 1 is 1.35 bits per heavy atom. The fraction of sp³-hybridized carbons (Fsp3) is 0.182. The molecule has 2 aromatic heterocycles. The highest BCUT2D eigenvalue weighted by molar-refractivity contribution is 6.32. The van der Waals surface area contributed by atoms with E-state index >= 15 is 0 Å². The monoisotopic (exact) mass is 481 g/mol. The Balaban J connectivity index is 1.82. The lowest BCUT2D eigenvalue weighted by Crippen LogP contribution is -2.06. The predicted molar refractivity (Wildman–Crippen MR) is 125 cm³/mol. The molecule has 4 rings (SSSR count). The second kappa shape index (κ2) is 9.29. The van der Waals surface area contributed by atoms with Gasteiger partial charge in [-0.2, -0.15) is 14.5 Å². The first-order valence-corrected chi connectivity index (χ1v) is 10.4. The van der Waals surface area contributed by atoms with Gasteiger partial charge in [0.25, 0.3) is 0 Å². The van der Waals surface area contributed by atoms with Crippen LogP contribution in [0.2, 0.25) is 5.02 Å². The van der Waals surface area contributed by atoms with E-state index in [4.69, 9.17) is 22.9 Å². The van der Waals surface area contributed by atoms with Crippen LogP contribution in [0.4, 0.5) is 27.4 Å². The SMILES string of the molecule is [C-]#[N+]c1ccc2c(c1)c(CCC)nn2-c1nc(Nc2cc([N+](=O)[O-])c(F)cc2OC)ncc1Cl. The molecule has 10 nitrogen and oxygen atoms in total. The molecule has 0 saturated carbocycles. The molecular weight excluding hydrogens is 465 g/mol. The number of aromatic nitrogens is 4. The molecule has 0 bridgehead atoms. The van der Waals surface area contributed by atoms with Crippen molar-refractivity contribution in [1.29, 1.82) is 0 Å². The van der Waals surface area contributed by atoms with Crippen molar-refractivity contribution < 1.29 is 14.1 Å². The highest BCUT2D eigenvalue weighted by Gasteiger charge is 2.21. The van der Waals surface area contributed by atoms with E-state index in [-0.39, 0.29) is 28.2 Å². The van der Waals surface area contributed by atoms with Crippen LogP contribution in [0.25, 0.3) is 21.6 Å². The molecule has 0 aliphatic rings. The fourth-order valence-electron chi connectivity index (χ4n) is 3.46. The first-order valence-electron chi connectivity index (χ1n) is 10.1. The van der Waals surface area contributed by atoms with Crippen LogP contribution in [0.5, 0.6) is 5.75 Å². The maximum Gasteiger partial charge on any atom is 0.307 e. The Bertz CT molecular complexity index is 1470. The molecule has 0 unspecified atom stereocenters. The molecule has 0 saturated heterocycles. The molecule has 12 heteroatoms. The van der Waals surface area contributed by atoms with Gasteiger partial charge in [-0.05, 0) is 18.6 Å². The van der Waals surface area contributed by atoms with Crippen molar-refractivity contribution in [3.8, 4) is 11.6 Å². The van der Waals surface area contributed by atoms with Crippen molar-refractivity contribution in [2.24, 2.45) is 0 Å². The summed E-state index contributed by atoms with van der Waals surface area (Å²) in [5, 5.41) is 19.7. The summed E-state index contributed by atoms with van der Waals surface area (Å²) >= 11 is 6.40. The normalized spacial score (nSPS) is 10.8. The number of ether oxygens (including phenoxy) is 1. The van der Waals surface area contributed by atoms with E-state index in [1.165, 1.54) is 13.3 Å². The minimum atomic E-state index is -1.03. The number of fused-ring (bicyclic) bond motifs is 1. The van der Waals surface area contributed by atoms with Gasteiger partial charge in [-0.15, -0.1) is 0 Å². The van der Waals surface area contributed by atoms with Crippen molar-refractivity contribution in [2.75, 3.05) is 12.4 Å². The standard InChI is InChI=1S/C22H17ClFN7O3/c1-4-5-16-13-8-12(25-2)6-7-18(13)30(29-16)21-14(23)11-26-22(28-21)27-17-10-19(31(32)33)15(24)9-20(17)34-3/h6-11H,4-5H2,1,3H3,(H,26,27,28). The quantitative estimate of drug-likeness (QED) is 0.202. The van der Waals surface area contributed by atoms with Gasteiger partial charge in [0, 0.05) is 17.5 Å². The average molecular weight is 482 g/mol. The molecule has 0 aliphatic heterocycles. The van der Waals surface area contributed by atoms with E-state index < -0.39 is 16.4 Å². The van der Waals surface area contributed by atoms with Gasteiger partial charge in [0.2, 0.25) is 11.8 Å². The summed E-state index contributed by atoms with van der Waals surface area (Å²) < 4.78 is 20.7. The van der Waals surface area contributed by atoms with Crippen LogP contribution in [-0.2, 0) is 6.42 Å². The number of rotatable bonds is 7. The second-order valence-electron chi connectivity index (χ2n) is 7.17. The van der Waals surface area contributed by atoms with Crippen LogP contribution in [0.15, 0.2) is 36.5 Å². The van der Waals surface area contributed by atoms with Crippen LogP contribution in [-0.4, -0.2) is 31.8 Å². The highest BCUT2D eigenvalue weighted by atomic mass is 35.5. The Morgan fingerprint density at radius 2 is 2.15 bits per heavy atom. The van der Waals surface area contributed by atoms with Crippen LogP contribution in [0.1, 0.15) is 19.0 Å². The lowest BCUT2D eigenvalue weighted by atomic mass is 10.1. The molecule has 0 aliphatic carbocycles. The van der Waals surface area contributed by atoms with Crippen LogP contribution < -0.4 is 10.1 Å². The minimum absolute atomic E-state index is 0.0321. The number of aryl methyl sites for hydroxylation is 1. The molecule has 2 aromatic carbocycles. The molecular formula is C22H17ClFN7O3. The third-order valence-corrected chi connectivity index (χ3v) is 5.26. The molecule has 0 fully saturated rings. The number of anilines is 2. The lowest BCUT2D eigenvalue weighted by molar-refractivity contribution is -0.387. The summed E-state index contributed by atoms with van der Waals surface area (Å²) in [6, 6.07) is 7.13.